The number of hydrogen-bond acceptors (Lipinski definition) is 3. The molecule has 0 aromatic heterocycles. The summed E-state index contributed by atoms with van der Waals surface area (Å²) in [5.41, 5.74) is 1.60. The average Bonchev–Trinajstić information content (AvgIpc) is 2.60. The van der Waals surface area contributed by atoms with Gasteiger partial charge in [-0.2, -0.15) is 8.78 Å². The number of benzene rings is 2. The van der Waals surface area contributed by atoms with E-state index in [1.54, 1.807) is 12.1 Å². The molecule has 0 aliphatic heterocycles. The molecule has 0 heterocycles. The summed E-state index contributed by atoms with van der Waals surface area (Å²) < 4.78 is 35.0. The highest BCUT2D eigenvalue weighted by Gasteiger charge is 2.11. The summed E-state index contributed by atoms with van der Waals surface area (Å²) in [5.74, 6) is -0.170. The number of alkyl halides is 2. The van der Waals surface area contributed by atoms with Crippen LogP contribution in [-0.4, -0.2) is 19.6 Å². The van der Waals surface area contributed by atoms with Crippen molar-refractivity contribution in [2.24, 2.45) is 0 Å². The minimum atomic E-state index is -2.93. The van der Waals surface area contributed by atoms with E-state index in [0.29, 0.717) is 5.56 Å². The van der Waals surface area contributed by atoms with Gasteiger partial charge in [0.2, 0.25) is 5.91 Å². The van der Waals surface area contributed by atoms with E-state index in [-0.39, 0.29) is 23.4 Å². The minimum absolute atomic E-state index is 0.0621. The molecule has 0 aliphatic rings. The molecule has 1 amide bonds. The van der Waals surface area contributed by atoms with Crippen molar-refractivity contribution in [1.82, 2.24) is 5.32 Å². The lowest BCUT2D eigenvalue weighted by Gasteiger charge is -2.13. The number of ether oxygens (including phenoxy) is 2. The van der Waals surface area contributed by atoms with Gasteiger partial charge in [0.25, 0.3) is 0 Å². The van der Waals surface area contributed by atoms with Crippen LogP contribution in [0, 0.1) is 0 Å². The number of carbonyl (C=O) groups is 1. The largest absolute Gasteiger partial charge is 0.493 e. The zero-order chi connectivity index (χ0) is 19.1. The number of amides is 1. The topological polar surface area (TPSA) is 47.6 Å². The Balaban J connectivity index is 2.01. The molecule has 0 aliphatic carbocycles. The summed E-state index contributed by atoms with van der Waals surface area (Å²) in [6.07, 6.45) is 2.94. The molecule has 0 bridgehead atoms. The van der Waals surface area contributed by atoms with E-state index in [2.05, 4.69) is 26.0 Å². The Labute approximate surface area is 158 Å². The summed E-state index contributed by atoms with van der Waals surface area (Å²) in [4.78, 5) is 12.1. The van der Waals surface area contributed by atoms with Gasteiger partial charge in [0.05, 0.1) is 13.2 Å². The molecule has 0 saturated carbocycles. The van der Waals surface area contributed by atoms with E-state index in [4.69, 9.17) is 4.74 Å². The summed E-state index contributed by atoms with van der Waals surface area (Å²) in [7, 11) is 1.35. The zero-order valence-electron chi connectivity index (χ0n) is 14.2. The molecule has 2 aromatic carbocycles. The van der Waals surface area contributed by atoms with Crippen LogP contribution >= 0.6 is 15.9 Å². The normalized spacial score (nSPS) is 12.2. The average molecular weight is 426 g/mol. The molecule has 138 valence electrons. The quantitative estimate of drug-likeness (QED) is 0.638. The standard InChI is InChI=1S/C19H18BrF2NO3/c1-12(14-5-7-15(20)8-6-14)23-18(24)10-4-13-3-9-16(26-19(21)22)17(11-13)25-2/h3-12,19H,1-2H3,(H,23,24)/b10-4+. The van der Waals surface area contributed by atoms with E-state index in [1.165, 1.54) is 25.3 Å². The predicted molar refractivity (Wildman–Crippen MR) is 99.4 cm³/mol. The van der Waals surface area contributed by atoms with Gasteiger partial charge in [-0.1, -0.05) is 34.1 Å². The number of halogens is 3. The lowest BCUT2D eigenvalue weighted by atomic mass is 10.1. The second-order valence-corrected chi connectivity index (χ2v) is 6.32. The second kappa shape index (κ2) is 9.33. The van der Waals surface area contributed by atoms with Crippen LogP contribution in [0.15, 0.2) is 53.0 Å². The highest BCUT2D eigenvalue weighted by atomic mass is 79.9. The minimum Gasteiger partial charge on any atom is -0.493 e. The third-order valence-electron chi connectivity index (χ3n) is 3.56. The van der Waals surface area contributed by atoms with Crippen molar-refractivity contribution in [1.29, 1.82) is 0 Å². The maximum absolute atomic E-state index is 12.3. The Kier molecular flexibility index (Phi) is 7.15. The van der Waals surface area contributed by atoms with Crippen LogP contribution in [0.3, 0.4) is 0 Å². The fraction of sp³-hybridized carbons (Fsp3) is 0.211. The van der Waals surface area contributed by atoms with E-state index in [1.807, 2.05) is 31.2 Å². The van der Waals surface area contributed by atoms with Crippen LogP contribution in [0.5, 0.6) is 11.5 Å². The Morgan fingerprint density at radius 1 is 1.15 bits per heavy atom. The fourth-order valence-corrected chi connectivity index (χ4v) is 2.51. The van der Waals surface area contributed by atoms with Crippen LogP contribution in [0.4, 0.5) is 8.78 Å². The summed E-state index contributed by atoms with van der Waals surface area (Å²) in [5, 5.41) is 2.86. The van der Waals surface area contributed by atoms with E-state index in [0.717, 1.165) is 10.0 Å². The first-order valence-corrected chi connectivity index (χ1v) is 8.55. The zero-order valence-corrected chi connectivity index (χ0v) is 15.8. The van der Waals surface area contributed by atoms with Crippen LogP contribution in [0.25, 0.3) is 6.08 Å². The van der Waals surface area contributed by atoms with Gasteiger partial charge in [-0.25, -0.2) is 0 Å². The van der Waals surface area contributed by atoms with Gasteiger partial charge in [-0.05, 0) is 48.4 Å². The SMILES string of the molecule is COc1cc(/C=C/C(=O)NC(C)c2ccc(Br)cc2)ccc1OC(F)F. The molecular formula is C19H18BrF2NO3. The maximum atomic E-state index is 12.3. The van der Waals surface area contributed by atoms with Crippen LogP contribution < -0.4 is 14.8 Å². The third kappa shape index (κ3) is 5.84. The van der Waals surface area contributed by atoms with Crippen molar-refractivity contribution >= 4 is 27.9 Å². The van der Waals surface area contributed by atoms with Gasteiger partial charge < -0.3 is 14.8 Å². The maximum Gasteiger partial charge on any atom is 0.387 e. The Hall–Kier alpha value is -2.41. The van der Waals surface area contributed by atoms with E-state index < -0.39 is 6.61 Å². The molecule has 0 fully saturated rings. The van der Waals surface area contributed by atoms with Gasteiger partial charge in [-0.3, -0.25) is 4.79 Å². The van der Waals surface area contributed by atoms with Gasteiger partial charge in [0.15, 0.2) is 11.5 Å². The molecule has 0 spiro atoms. The van der Waals surface area contributed by atoms with Crippen molar-refractivity contribution in [3.05, 3.63) is 64.1 Å². The molecule has 1 atom stereocenters. The molecule has 0 saturated heterocycles. The summed E-state index contributed by atoms with van der Waals surface area (Å²) in [6, 6.07) is 11.9. The van der Waals surface area contributed by atoms with Crippen molar-refractivity contribution < 1.29 is 23.0 Å². The van der Waals surface area contributed by atoms with Crippen molar-refractivity contribution in [3.63, 3.8) is 0 Å². The molecule has 2 rings (SSSR count). The number of rotatable bonds is 7. The molecule has 1 unspecified atom stereocenters. The highest BCUT2D eigenvalue weighted by molar-refractivity contribution is 9.10. The molecule has 7 heteroatoms. The first kappa shape index (κ1) is 19.9. The van der Waals surface area contributed by atoms with Crippen LogP contribution in [0.1, 0.15) is 24.1 Å². The molecule has 0 radical (unpaired) electrons. The van der Waals surface area contributed by atoms with E-state index >= 15 is 0 Å². The van der Waals surface area contributed by atoms with Crippen molar-refractivity contribution in [3.8, 4) is 11.5 Å². The van der Waals surface area contributed by atoms with Crippen molar-refractivity contribution in [2.75, 3.05) is 7.11 Å². The monoisotopic (exact) mass is 425 g/mol. The van der Waals surface area contributed by atoms with E-state index in [9.17, 15) is 13.6 Å². The van der Waals surface area contributed by atoms with Crippen LogP contribution in [0.2, 0.25) is 0 Å². The van der Waals surface area contributed by atoms with Crippen molar-refractivity contribution in [2.45, 2.75) is 19.6 Å². The van der Waals surface area contributed by atoms with Gasteiger partial charge >= 0.3 is 6.61 Å². The summed E-state index contributed by atoms with van der Waals surface area (Å²) >= 11 is 3.37. The smallest absolute Gasteiger partial charge is 0.387 e. The first-order chi connectivity index (χ1) is 12.4. The fourth-order valence-electron chi connectivity index (χ4n) is 2.25. The Morgan fingerprint density at radius 3 is 2.46 bits per heavy atom. The number of methoxy groups -OCH3 is 1. The first-order valence-electron chi connectivity index (χ1n) is 7.76. The number of carbonyl (C=O) groups excluding carboxylic acids is 1. The number of nitrogens with one attached hydrogen (secondary N) is 1. The van der Waals surface area contributed by atoms with Crippen LogP contribution in [-0.2, 0) is 4.79 Å². The predicted octanol–water partition coefficient (Wildman–Crippen LogP) is 4.95. The number of hydrogen-bond donors (Lipinski definition) is 1. The Bertz CT molecular complexity index is 779. The second-order valence-electron chi connectivity index (χ2n) is 5.40. The van der Waals surface area contributed by atoms with Gasteiger partial charge in [0, 0.05) is 10.5 Å². The Morgan fingerprint density at radius 2 is 1.85 bits per heavy atom. The highest BCUT2D eigenvalue weighted by Crippen LogP contribution is 2.29. The lowest BCUT2D eigenvalue weighted by molar-refractivity contribution is -0.117. The molecule has 1 N–H and O–H groups in total. The molecule has 4 nitrogen and oxygen atoms in total. The lowest BCUT2D eigenvalue weighted by Crippen LogP contribution is -2.24. The molecule has 26 heavy (non-hydrogen) atoms. The molecule has 2 aromatic rings. The van der Waals surface area contributed by atoms with Gasteiger partial charge in [0.1, 0.15) is 0 Å². The van der Waals surface area contributed by atoms with Gasteiger partial charge in [-0.15, -0.1) is 0 Å². The summed E-state index contributed by atoms with van der Waals surface area (Å²) in [6.45, 7) is -1.05. The third-order valence-corrected chi connectivity index (χ3v) is 4.09. The molecular weight excluding hydrogens is 408 g/mol.